The molecule has 0 aliphatic carbocycles. The van der Waals surface area contributed by atoms with Gasteiger partial charge in [-0.3, -0.25) is 14.9 Å². The maximum Gasteiger partial charge on any atom is 0.357 e. The Morgan fingerprint density at radius 3 is 2.48 bits per heavy atom. The second-order valence-corrected chi connectivity index (χ2v) is 5.78. The maximum absolute atomic E-state index is 12.5. The molecule has 138 valence electrons. The van der Waals surface area contributed by atoms with Gasteiger partial charge in [0, 0.05) is 18.1 Å². The molecular formula is C19H17N3O5. The fourth-order valence-electron chi connectivity index (χ4n) is 2.82. The molecule has 0 saturated heterocycles. The number of fused-ring (bicyclic) bond motifs is 1. The zero-order valence-electron chi connectivity index (χ0n) is 14.8. The lowest BCUT2D eigenvalue weighted by Crippen LogP contribution is -2.22. The second kappa shape index (κ2) is 7.28. The molecule has 8 heteroatoms. The molecule has 0 amide bonds. The van der Waals surface area contributed by atoms with Crippen LogP contribution in [0.15, 0.2) is 53.3 Å². The van der Waals surface area contributed by atoms with E-state index in [0.29, 0.717) is 22.2 Å². The van der Waals surface area contributed by atoms with E-state index in [-0.39, 0.29) is 12.3 Å². The Morgan fingerprint density at radius 1 is 1.19 bits per heavy atom. The number of rotatable bonds is 5. The minimum atomic E-state index is -0.704. The van der Waals surface area contributed by atoms with Crippen molar-refractivity contribution in [3.63, 3.8) is 0 Å². The van der Waals surface area contributed by atoms with E-state index in [1.807, 2.05) is 0 Å². The Bertz CT molecular complexity index is 1090. The first-order valence-corrected chi connectivity index (χ1v) is 8.24. The van der Waals surface area contributed by atoms with Crippen molar-refractivity contribution in [2.45, 2.75) is 6.92 Å². The van der Waals surface area contributed by atoms with E-state index >= 15 is 0 Å². The second-order valence-electron chi connectivity index (χ2n) is 5.78. The van der Waals surface area contributed by atoms with E-state index in [9.17, 15) is 19.7 Å². The third kappa shape index (κ3) is 3.37. The first-order chi connectivity index (χ1) is 12.9. The first kappa shape index (κ1) is 18.1. The number of para-hydroxylation sites is 1. The minimum Gasteiger partial charge on any atom is -0.462 e. The van der Waals surface area contributed by atoms with Crippen molar-refractivity contribution in [3.05, 3.63) is 74.6 Å². The summed E-state index contributed by atoms with van der Waals surface area (Å²) in [4.78, 5) is 35.1. The molecule has 0 bridgehead atoms. The third-order valence-electron chi connectivity index (χ3n) is 4.13. The normalized spacial score (nSPS) is 10.6. The van der Waals surface area contributed by atoms with Crippen molar-refractivity contribution >= 4 is 33.9 Å². The van der Waals surface area contributed by atoms with Gasteiger partial charge < -0.3 is 14.6 Å². The predicted molar refractivity (Wildman–Crippen MR) is 102 cm³/mol. The van der Waals surface area contributed by atoms with Crippen LogP contribution in [0.2, 0.25) is 0 Å². The number of nitrogens with zero attached hydrogens (tertiary/aromatic N) is 2. The van der Waals surface area contributed by atoms with Gasteiger partial charge in [-0.2, -0.15) is 0 Å². The van der Waals surface area contributed by atoms with Gasteiger partial charge in [-0.25, -0.2) is 4.79 Å². The summed E-state index contributed by atoms with van der Waals surface area (Å²) in [6, 6.07) is 13.2. The van der Waals surface area contributed by atoms with E-state index < -0.39 is 22.1 Å². The number of aromatic nitrogens is 1. The van der Waals surface area contributed by atoms with Crippen molar-refractivity contribution in [3.8, 4) is 0 Å². The number of hydrogen-bond donors (Lipinski definition) is 1. The lowest BCUT2D eigenvalue weighted by atomic mass is 10.1. The van der Waals surface area contributed by atoms with Gasteiger partial charge in [0.15, 0.2) is 0 Å². The largest absolute Gasteiger partial charge is 0.462 e. The Kier molecular flexibility index (Phi) is 4.89. The minimum absolute atomic E-state index is 0.114. The number of aryl methyl sites for hydroxylation is 1. The fraction of sp³-hybridized carbons (Fsp3) is 0.158. The number of ether oxygens (including phenoxy) is 1. The Balaban J connectivity index is 2.10. The number of carbonyl (C=O) groups excluding carboxylic acids is 1. The molecule has 0 aliphatic heterocycles. The molecule has 0 spiro atoms. The number of anilines is 2. The van der Waals surface area contributed by atoms with E-state index in [0.717, 1.165) is 0 Å². The third-order valence-corrected chi connectivity index (χ3v) is 4.13. The summed E-state index contributed by atoms with van der Waals surface area (Å²) in [5.74, 6) is -0.450. The molecule has 0 unspecified atom stereocenters. The average Bonchev–Trinajstić information content (AvgIpc) is 2.66. The highest BCUT2D eigenvalue weighted by atomic mass is 16.6. The number of pyridine rings is 1. The monoisotopic (exact) mass is 367 g/mol. The van der Waals surface area contributed by atoms with Crippen LogP contribution < -0.4 is 10.9 Å². The molecular weight excluding hydrogens is 350 g/mol. The van der Waals surface area contributed by atoms with Crippen LogP contribution in [-0.4, -0.2) is 22.1 Å². The molecule has 1 heterocycles. The number of esters is 1. The quantitative estimate of drug-likeness (QED) is 0.421. The molecule has 0 saturated carbocycles. The number of hydrogen-bond acceptors (Lipinski definition) is 6. The van der Waals surface area contributed by atoms with Gasteiger partial charge in [-0.1, -0.05) is 18.2 Å². The molecule has 2 aromatic carbocycles. The van der Waals surface area contributed by atoms with Crippen molar-refractivity contribution in [1.29, 1.82) is 0 Å². The smallest absolute Gasteiger partial charge is 0.357 e. The van der Waals surface area contributed by atoms with Gasteiger partial charge in [0.05, 0.1) is 22.6 Å². The average molecular weight is 367 g/mol. The highest BCUT2D eigenvalue weighted by Gasteiger charge is 2.24. The number of benzene rings is 2. The summed E-state index contributed by atoms with van der Waals surface area (Å²) >= 11 is 0. The van der Waals surface area contributed by atoms with Crippen molar-refractivity contribution in [2.24, 2.45) is 7.05 Å². The standard InChI is InChI=1S/C19H17N3O5/c1-3-27-19(24)12-8-10-13(11-9-12)20-16-14-6-4-5-7-15(14)21(2)18(23)17(16)22(25)26/h4-11,20H,3H2,1-2H3. The van der Waals surface area contributed by atoms with E-state index in [1.54, 1.807) is 55.5 Å². The van der Waals surface area contributed by atoms with Crippen LogP contribution in [0.25, 0.3) is 10.9 Å². The Morgan fingerprint density at radius 2 is 1.85 bits per heavy atom. The van der Waals surface area contributed by atoms with Gasteiger partial charge in [0.25, 0.3) is 0 Å². The lowest BCUT2D eigenvalue weighted by Gasteiger charge is -2.13. The van der Waals surface area contributed by atoms with Crippen LogP contribution in [0.3, 0.4) is 0 Å². The van der Waals surface area contributed by atoms with Crippen LogP contribution in [0, 0.1) is 10.1 Å². The zero-order chi connectivity index (χ0) is 19.6. The predicted octanol–water partition coefficient (Wildman–Crippen LogP) is 3.37. The van der Waals surface area contributed by atoms with E-state index in [2.05, 4.69) is 5.32 Å². The summed E-state index contributed by atoms with van der Waals surface area (Å²) in [6.45, 7) is 1.98. The SMILES string of the molecule is CCOC(=O)c1ccc(Nc2c([N+](=O)[O-])c(=O)n(C)c3ccccc23)cc1. The number of nitro groups is 1. The first-order valence-electron chi connectivity index (χ1n) is 8.24. The molecule has 0 aliphatic rings. The molecule has 1 aromatic heterocycles. The highest BCUT2D eigenvalue weighted by molar-refractivity contribution is 5.98. The molecule has 0 atom stereocenters. The summed E-state index contributed by atoms with van der Waals surface area (Å²) in [5, 5.41) is 15.0. The molecule has 0 fully saturated rings. The fourth-order valence-corrected chi connectivity index (χ4v) is 2.82. The Hall–Kier alpha value is -3.68. The summed E-state index contributed by atoms with van der Waals surface area (Å²) in [6.07, 6.45) is 0. The summed E-state index contributed by atoms with van der Waals surface area (Å²) < 4.78 is 6.18. The van der Waals surface area contributed by atoms with Gasteiger partial charge in [-0.05, 0) is 37.3 Å². The summed E-state index contributed by atoms with van der Waals surface area (Å²) in [7, 11) is 1.50. The number of nitrogens with one attached hydrogen (secondary N) is 1. The van der Waals surface area contributed by atoms with Crippen LogP contribution in [-0.2, 0) is 11.8 Å². The van der Waals surface area contributed by atoms with Gasteiger partial charge in [-0.15, -0.1) is 0 Å². The van der Waals surface area contributed by atoms with Crippen molar-refractivity contribution in [2.75, 3.05) is 11.9 Å². The van der Waals surface area contributed by atoms with Crippen LogP contribution in [0.5, 0.6) is 0 Å². The molecule has 27 heavy (non-hydrogen) atoms. The van der Waals surface area contributed by atoms with Crippen LogP contribution in [0.4, 0.5) is 17.1 Å². The van der Waals surface area contributed by atoms with Crippen molar-refractivity contribution < 1.29 is 14.5 Å². The van der Waals surface area contributed by atoms with Gasteiger partial charge in [0.2, 0.25) is 0 Å². The highest BCUT2D eigenvalue weighted by Crippen LogP contribution is 2.32. The van der Waals surface area contributed by atoms with Crippen LogP contribution in [0.1, 0.15) is 17.3 Å². The molecule has 3 rings (SSSR count). The molecule has 8 nitrogen and oxygen atoms in total. The molecule has 0 radical (unpaired) electrons. The topological polar surface area (TPSA) is 103 Å². The zero-order valence-corrected chi connectivity index (χ0v) is 14.8. The van der Waals surface area contributed by atoms with Crippen LogP contribution >= 0.6 is 0 Å². The van der Waals surface area contributed by atoms with Crippen molar-refractivity contribution in [1.82, 2.24) is 4.57 Å². The van der Waals surface area contributed by atoms with E-state index in [4.69, 9.17) is 4.74 Å². The summed E-state index contributed by atoms with van der Waals surface area (Å²) in [5.41, 5.74) is 0.312. The molecule has 1 N–H and O–H groups in total. The van der Waals surface area contributed by atoms with E-state index in [1.165, 1.54) is 11.6 Å². The Labute approximate surface area is 154 Å². The maximum atomic E-state index is 12.5. The van der Waals surface area contributed by atoms with Gasteiger partial charge in [0.1, 0.15) is 5.69 Å². The van der Waals surface area contributed by atoms with Gasteiger partial charge >= 0.3 is 17.2 Å². The number of carbonyl (C=O) groups is 1. The molecule has 3 aromatic rings. The lowest BCUT2D eigenvalue weighted by molar-refractivity contribution is -0.385.